The van der Waals surface area contributed by atoms with Crippen LogP contribution in [0.2, 0.25) is 0 Å². The minimum absolute atomic E-state index is 0.0211. The molecule has 0 spiro atoms. The number of phenolic OH excluding ortho intramolecular Hbond substituents is 2. The van der Waals surface area contributed by atoms with Crippen molar-refractivity contribution in [3.05, 3.63) is 22.8 Å². The van der Waals surface area contributed by atoms with Crippen molar-refractivity contribution in [1.29, 1.82) is 0 Å². The minimum atomic E-state index is 0.0211. The van der Waals surface area contributed by atoms with Crippen LogP contribution < -0.4 is 0 Å². The number of phenols is 2. The van der Waals surface area contributed by atoms with Crippen molar-refractivity contribution < 1.29 is 15.0 Å². The zero-order valence-electron chi connectivity index (χ0n) is 5.66. The Hall–Kier alpha value is -1.51. The largest absolute Gasteiger partial charge is 0.508 e. The van der Waals surface area contributed by atoms with Gasteiger partial charge in [-0.3, -0.25) is 4.79 Å². The number of fused-ring (bicyclic) bond motifs is 1. The van der Waals surface area contributed by atoms with Gasteiger partial charge in [0, 0.05) is 17.5 Å². The summed E-state index contributed by atoms with van der Waals surface area (Å²) in [6.45, 7) is 0. The van der Waals surface area contributed by atoms with Crippen LogP contribution in [0, 0.1) is 0 Å². The quantitative estimate of drug-likeness (QED) is 0.467. The van der Waals surface area contributed by atoms with E-state index in [0.717, 1.165) is 5.56 Å². The molecule has 0 saturated carbocycles. The van der Waals surface area contributed by atoms with E-state index in [4.69, 9.17) is 5.11 Å². The predicted octanol–water partition coefficient (Wildman–Crippen LogP) is 0.814. The van der Waals surface area contributed by atoms with Crippen molar-refractivity contribution in [3.8, 4) is 11.5 Å². The fourth-order valence-electron chi connectivity index (χ4n) is 1.17. The highest BCUT2D eigenvalue weighted by Crippen LogP contribution is 2.44. The Morgan fingerprint density at radius 3 is 2.73 bits per heavy atom. The van der Waals surface area contributed by atoms with E-state index in [-0.39, 0.29) is 17.1 Å². The van der Waals surface area contributed by atoms with Gasteiger partial charge in [0.15, 0.2) is 6.29 Å². The Balaban J connectivity index is 2.69. The highest BCUT2D eigenvalue weighted by molar-refractivity contribution is 5.84. The number of aromatic hydroxyl groups is 2. The van der Waals surface area contributed by atoms with Gasteiger partial charge in [0.05, 0.1) is 5.56 Å². The number of benzene rings is 1. The van der Waals surface area contributed by atoms with Gasteiger partial charge in [-0.05, 0) is 6.07 Å². The second-order valence-electron chi connectivity index (χ2n) is 2.59. The van der Waals surface area contributed by atoms with Crippen LogP contribution in [0.3, 0.4) is 0 Å². The Bertz CT molecular complexity index is 342. The van der Waals surface area contributed by atoms with Gasteiger partial charge in [-0.1, -0.05) is 0 Å². The summed E-state index contributed by atoms with van der Waals surface area (Å²) >= 11 is 0. The molecule has 1 aliphatic rings. The molecule has 0 saturated heterocycles. The maximum Gasteiger partial charge on any atom is 0.153 e. The van der Waals surface area contributed by atoms with Crippen LogP contribution in [0.25, 0.3) is 0 Å². The third kappa shape index (κ3) is 0.707. The molecule has 1 aromatic rings. The second kappa shape index (κ2) is 1.75. The van der Waals surface area contributed by atoms with Crippen LogP contribution in [0.5, 0.6) is 11.5 Å². The zero-order chi connectivity index (χ0) is 8.01. The molecule has 2 N–H and O–H groups in total. The van der Waals surface area contributed by atoms with E-state index in [9.17, 15) is 9.90 Å². The van der Waals surface area contributed by atoms with Crippen LogP contribution in [0.15, 0.2) is 6.07 Å². The van der Waals surface area contributed by atoms with Gasteiger partial charge in [0.25, 0.3) is 0 Å². The molecule has 0 amide bonds. The fourth-order valence-corrected chi connectivity index (χ4v) is 1.17. The molecule has 3 nitrogen and oxygen atoms in total. The standard InChI is InChI=1S/C8H6O3/c9-3-4-1-7(10)5-2-6(5)8(4)11/h1,3,10-11H,2H2. The van der Waals surface area contributed by atoms with Gasteiger partial charge in [-0.2, -0.15) is 0 Å². The van der Waals surface area contributed by atoms with Crippen LogP contribution in [0.4, 0.5) is 0 Å². The summed E-state index contributed by atoms with van der Waals surface area (Å²) in [4.78, 5) is 10.3. The Morgan fingerprint density at radius 2 is 2.09 bits per heavy atom. The highest BCUT2D eigenvalue weighted by atomic mass is 16.3. The summed E-state index contributed by atoms with van der Waals surface area (Å²) in [7, 11) is 0. The molecular weight excluding hydrogens is 144 g/mol. The number of hydrogen-bond acceptors (Lipinski definition) is 3. The Morgan fingerprint density at radius 1 is 1.36 bits per heavy atom. The molecule has 56 valence electrons. The molecule has 0 atom stereocenters. The lowest BCUT2D eigenvalue weighted by Crippen LogP contribution is -1.79. The zero-order valence-corrected chi connectivity index (χ0v) is 5.66. The van der Waals surface area contributed by atoms with E-state index >= 15 is 0 Å². The summed E-state index contributed by atoms with van der Waals surface area (Å²) < 4.78 is 0. The molecule has 1 aromatic carbocycles. The third-order valence-electron chi connectivity index (χ3n) is 1.88. The summed E-state index contributed by atoms with van der Waals surface area (Å²) in [6.07, 6.45) is 1.14. The Kier molecular flexibility index (Phi) is 0.990. The van der Waals surface area contributed by atoms with E-state index in [1.165, 1.54) is 6.07 Å². The summed E-state index contributed by atoms with van der Waals surface area (Å²) in [5.41, 5.74) is 1.62. The number of carbonyl (C=O) groups excluding carboxylic acids is 1. The molecule has 1 aliphatic carbocycles. The van der Waals surface area contributed by atoms with Crippen LogP contribution in [0.1, 0.15) is 21.5 Å². The summed E-state index contributed by atoms with van der Waals surface area (Å²) in [5.74, 6) is 0.132. The number of carbonyl (C=O) groups is 1. The molecular formula is C8H6O3. The molecule has 0 fully saturated rings. The van der Waals surface area contributed by atoms with E-state index in [1.54, 1.807) is 0 Å². The van der Waals surface area contributed by atoms with Crippen molar-refractivity contribution in [2.24, 2.45) is 0 Å². The Labute approximate surface area is 62.9 Å². The van der Waals surface area contributed by atoms with E-state index < -0.39 is 0 Å². The number of aldehydes is 1. The van der Waals surface area contributed by atoms with Crippen LogP contribution >= 0.6 is 0 Å². The van der Waals surface area contributed by atoms with Gasteiger partial charge in [-0.25, -0.2) is 0 Å². The minimum Gasteiger partial charge on any atom is -0.508 e. The first kappa shape index (κ1) is 6.22. The lowest BCUT2D eigenvalue weighted by Gasteiger charge is -1.94. The van der Waals surface area contributed by atoms with Crippen molar-refractivity contribution in [3.63, 3.8) is 0 Å². The van der Waals surface area contributed by atoms with Gasteiger partial charge in [0.1, 0.15) is 11.5 Å². The van der Waals surface area contributed by atoms with Crippen molar-refractivity contribution in [2.45, 2.75) is 6.42 Å². The second-order valence-corrected chi connectivity index (χ2v) is 2.59. The van der Waals surface area contributed by atoms with Gasteiger partial charge in [0.2, 0.25) is 0 Å². The summed E-state index contributed by atoms with van der Waals surface area (Å²) in [6, 6.07) is 1.29. The van der Waals surface area contributed by atoms with Crippen molar-refractivity contribution >= 4 is 6.29 Å². The van der Waals surface area contributed by atoms with Crippen molar-refractivity contribution in [1.82, 2.24) is 0 Å². The van der Waals surface area contributed by atoms with E-state index in [2.05, 4.69) is 0 Å². The van der Waals surface area contributed by atoms with Crippen molar-refractivity contribution in [2.75, 3.05) is 0 Å². The van der Waals surface area contributed by atoms with E-state index in [0.29, 0.717) is 18.3 Å². The molecule has 11 heavy (non-hydrogen) atoms. The predicted molar refractivity (Wildman–Crippen MR) is 38.0 cm³/mol. The average Bonchev–Trinajstić information content (AvgIpc) is 2.75. The first-order chi connectivity index (χ1) is 5.24. The molecule has 3 heteroatoms. The highest BCUT2D eigenvalue weighted by Gasteiger charge is 2.27. The average molecular weight is 150 g/mol. The van der Waals surface area contributed by atoms with Crippen LogP contribution in [-0.2, 0) is 6.42 Å². The number of hydrogen-bond donors (Lipinski definition) is 2. The third-order valence-corrected chi connectivity index (χ3v) is 1.88. The molecule has 0 aliphatic heterocycles. The van der Waals surface area contributed by atoms with Gasteiger partial charge >= 0.3 is 0 Å². The lowest BCUT2D eigenvalue weighted by atomic mass is 10.2. The molecule has 0 bridgehead atoms. The maximum absolute atomic E-state index is 10.3. The fraction of sp³-hybridized carbons (Fsp3) is 0.125. The molecule has 0 radical (unpaired) electrons. The SMILES string of the molecule is O=Cc1cc(O)c2c(c1O)C2. The van der Waals surface area contributed by atoms with E-state index in [1.807, 2.05) is 0 Å². The van der Waals surface area contributed by atoms with Crippen LogP contribution in [-0.4, -0.2) is 16.5 Å². The topological polar surface area (TPSA) is 57.5 Å². The molecule has 0 aromatic heterocycles. The molecule has 0 unspecified atom stereocenters. The first-order valence-corrected chi connectivity index (χ1v) is 3.26. The lowest BCUT2D eigenvalue weighted by molar-refractivity contribution is 0.112. The van der Waals surface area contributed by atoms with Gasteiger partial charge in [-0.15, -0.1) is 0 Å². The smallest absolute Gasteiger partial charge is 0.153 e. The number of rotatable bonds is 1. The normalized spacial score (nSPS) is 12.4. The molecule has 0 heterocycles. The van der Waals surface area contributed by atoms with Gasteiger partial charge < -0.3 is 10.2 Å². The monoisotopic (exact) mass is 150 g/mol. The maximum atomic E-state index is 10.3. The first-order valence-electron chi connectivity index (χ1n) is 3.26. The molecule has 2 rings (SSSR count). The summed E-state index contributed by atoms with van der Waals surface area (Å²) in [5, 5.41) is 18.4.